The van der Waals surface area contributed by atoms with Crippen LogP contribution in [0.25, 0.3) is 0 Å². The number of aliphatic hydroxyl groups excluding tert-OH is 1. The molecule has 1 aromatic rings. The number of nitro benzene ring substituents is 1. The lowest BCUT2D eigenvalue weighted by Crippen LogP contribution is -2.26. The molecule has 0 aliphatic heterocycles. The van der Waals surface area contributed by atoms with Crippen LogP contribution in [0.1, 0.15) is 6.42 Å². The summed E-state index contributed by atoms with van der Waals surface area (Å²) in [6.45, 7) is 0.400. The van der Waals surface area contributed by atoms with Crippen LogP contribution in [0.2, 0.25) is 5.02 Å². The van der Waals surface area contributed by atoms with Crippen molar-refractivity contribution in [3.63, 3.8) is 0 Å². The molecule has 0 amide bonds. The van der Waals surface area contributed by atoms with Gasteiger partial charge in [0.25, 0.3) is 5.69 Å². The quantitative estimate of drug-likeness (QED) is 0.392. The molecule has 0 atom stereocenters. The number of benzene rings is 1. The van der Waals surface area contributed by atoms with Gasteiger partial charge in [-0.3, -0.25) is 10.1 Å². The molecule has 0 unspecified atom stereocenters. The predicted molar refractivity (Wildman–Crippen MR) is 75.8 cm³/mol. The Morgan fingerprint density at radius 2 is 2.10 bits per heavy atom. The van der Waals surface area contributed by atoms with Crippen LogP contribution in [0.3, 0.4) is 0 Å². The van der Waals surface area contributed by atoms with Gasteiger partial charge in [-0.1, -0.05) is 11.6 Å². The molecule has 1 rings (SSSR count). The third-order valence-corrected chi connectivity index (χ3v) is 4.14. The van der Waals surface area contributed by atoms with Crippen molar-refractivity contribution in [1.29, 1.82) is 0 Å². The third kappa shape index (κ3) is 5.56. The van der Waals surface area contributed by atoms with Gasteiger partial charge in [-0.25, -0.2) is 13.1 Å². The highest BCUT2D eigenvalue weighted by molar-refractivity contribution is 7.89. The number of nitrogens with zero attached hydrogens (tertiary/aromatic N) is 1. The van der Waals surface area contributed by atoms with Crippen LogP contribution in [0.4, 0.5) is 5.69 Å². The van der Waals surface area contributed by atoms with Crippen LogP contribution in [0, 0.1) is 10.1 Å². The van der Waals surface area contributed by atoms with Crippen molar-refractivity contribution in [2.45, 2.75) is 11.3 Å². The van der Waals surface area contributed by atoms with E-state index in [0.717, 1.165) is 12.1 Å². The second-order valence-electron chi connectivity index (χ2n) is 3.96. The van der Waals surface area contributed by atoms with Gasteiger partial charge in [-0.15, -0.1) is 0 Å². The fourth-order valence-corrected chi connectivity index (χ4v) is 2.88. The summed E-state index contributed by atoms with van der Waals surface area (Å²) in [5.41, 5.74) is -0.577. The molecule has 0 saturated heterocycles. The van der Waals surface area contributed by atoms with Crippen molar-refractivity contribution in [3.8, 4) is 0 Å². The first kappa shape index (κ1) is 17.8. The first-order valence-corrected chi connectivity index (χ1v) is 7.87. The normalized spacial score (nSPS) is 11.5. The zero-order valence-corrected chi connectivity index (χ0v) is 12.6. The standard InChI is InChI=1S/C11H15ClN2O6S/c12-9-2-3-11(10(8-9)14(16)17)21(18,19)13-4-1-6-20-7-5-15/h2-3,8,13,15H,1,4-7H2. The Morgan fingerprint density at radius 3 is 2.71 bits per heavy atom. The summed E-state index contributed by atoms with van der Waals surface area (Å²) in [5.74, 6) is 0. The highest BCUT2D eigenvalue weighted by Crippen LogP contribution is 2.26. The zero-order chi connectivity index (χ0) is 15.9. The Kier molecular flexibility index (Phi) is 6.99. The van der Waals surface area contributed by atoms with Crippen molar-refractivity contribution in [2.24, 2.45) is 0 Å². The molecule has 8 nitrogen and oxygen atoms in total. The molecule has 0 heterocycles. The Bertz CT molecular complexity index is 592. The molecule has 0 spiro atoms. The van der Waals surface area contributed by atoms with Gasteiger partial charge in [0, 0.05) is 24.2 Å². The molecule has 0 aliphatic rings. The van der Waals surface area contributed by atoms with Gasteiger partial charge < -0.3 is 9.84 Å². The summed E-state index contributed by atoms with van der Waals surface area (Å²) >= 11 is 5.63. The molecule has 0 fully saturated rings. The van der Waals surface area contributed by atoms with E-state index in [2.05, 4.69) is 4.72 Å². The van der Waals surface area contributed by atoms with E-state index in [4.69, 9.17) is 21.4 Å². The van der Waals surface area contributed by atoms with Crippen molar-refractivity contribution in [2.75, 3.05) is 26.4 Å². The van der Waals surface area contributed by atoms with Gasteiger partial charge in [0.15, 0.2) is 4.90 Å². The predicted octanol–water partition coefficient (Wildman–Crippen LogP) is 0.925. The average molecular weight is 339 g/mol. The summed E-state index contributed by atoms with van der Waals surface area (Å²) in [6, 6.07) is 3.35. The second kappa shape index (κ2) is 8.25. The van der Waals surface area contributed by atoms with E-state index in [9.17, 15) is 18.5 Å². The lowest BCUT2D eigenvalue weighted by molar-refractivity contribution is -0.387. The molecule has 0 saturated carbocycles. The maximum absolute atomic E-state index is 12.0. The van der Waals surface area contributed by atoms with Gasteiger partial charge in [0.1, 0.15) is 0 Å². The van der Waals surface area contributed by atoms with Crippen molar-refractivity contribution >= 4 is 27.3 Å². The Hall–Kier alpha value is -1.26. The minimum atomic E-state index is -4.00. The number of hydrogen-bond donors (Lipinski definition) is 2. The lowest BCUT2D eigenvalue weighted by Gasteiger charge is -2.07. The smallest absolute Gasteiger partial charge is 0.290 e. The summed E-state index contributed by atoms with van der Waals surface area (Å²) in [6.07, 6.45) is 0.376. The first-order valence-electron chi connectivity index (χ1n) is 6.00. The molecule has 21 heavy (non-hydrogen) atoms. The van der Waals surface area contributed by atoms with Gasteiger partial charge in [0.2, 0.25) is 10.0 Å². The van der Waals surface area contributed by atoms with Crippen LogP contribution in [-0.4, -0.2) is 44.8 Å². The highest BCUT2D eigenvalue weighted by Gasteiger charge is 2.25. The molecule has 1 aromatic carbocycles. The molecule has 10 heteroatoms. The fourth-order valence-electron chi connectivity index (χ4n) is 1.49. The molecule has 0 bridgehead atoms. The van der Waals surface area contributed by atoms with E-state index in [1.807, 2.05) is 0 Å². The maximum Gasteiger partial charge on any atom is 0.290 e. The van der Waals surface area contributed by atoms with E-state index < -0.39 is 25.5 Å². The number of rotatable bonds is 9. The molecule has 0 aromatic heterocycles. The van der Waals surface area contributed by atoms with E-state index in [1.165, 1.54) is 6.07 Å². The molecule has 118 valence electrons. The molecule has 0 radical (unpaired) electrons. The van der Waals surface area contributed by atoms with Gasteiger partial charge in [-0.05, 0) is 18.6 Å². The van der Waals surface area contributed by atoms with E-state index >= 15 is 0 Å². The van der Waals surface area contributed by atoms with E-state index in [1.54, 1.807) is 0 Å². The molecular weight excluding hydrogens is 324 g/mol. The number of halogens is 1. The lowest BCUT2D eigenvalue weighted by atomic mass is 10.3. The fraction of sp³-hybridized carbons (Fsp3) is 0.455. The number of ether oxygens (including phenoxy) is 1. The van der Waals surface area contributed by atoms with E-state index in [-0.39, 0.29) is 31.4 Å². The number of nitro groups is 1. The van der Waals surface area contributed by atoms with E-state index in [0.29, 0.717) is 6.42 Å². The highest BCUT2D eigenvalue weighted by atomic mass is 35.5. The first-order chi connectivity index (χ1) is 9.88. The van der Waals surface area contributed by atoms with Crippen LogP contribution in [0.5, 0.6) is 0 Å². The monoisotopic (exact) mass is 338 g/mol. The van der Waals surface area contributed by atoms with Crippen molar-refractivity contribution < 1.29 is 23.2 Å². The molecular formula is C11H15ClN2O6S. The second-order valence-corrected chi connectivity index (χ2v) is 6.13. The Morgan fingerprint density at radius 1 is 1.38 bits per heavy atom. The number of hydrogen-bond acceptors (Lipinski definition) is 6. The Labute approximate surface area is 126 Å². The number of aliphatic hydroxyl groups is 1. The Balaban J connectivity index is 2.72. The zero-order valence-electron chi connectivity index (χ0n) is 11.0. The van der Waals surface area contributed by atoms with Crippen LogP contribution >= 0.6 is 11.6 Å². The van der Waals surface area contributed by atoms with Gasteiger partial charge >= 0.3 is 0 Å². The number of sulfonamides is 1. The summed E-state index contributed by atoms with van der Waals surface area (Å²) < 4.78 is 31.3. The maximum atomic E-state index is 12.0. The van der Waals surface area contributed by atoms with Crippen LogP contribution in [0.15, 0.2) is 23.1 Å². The van der Waals surface area contributed by atoms with Crippen LogP contribution < -0.4 is 4.72 Å². The molecule has 2 N–H and O–H groups in total. The van der Waals surface area contributed by atoms with Gasteiger partial charge in [0.05, 0.1) is 18.1 Å². The minimum Gasteiger partial charge on any atom is -0.394 e. The SMILES string of the molecule is O=[N+]([O-])c1cc(Cl)ccc1S(=O)(=O)NCCCOCCO. The molecule has 0 aliphatic carbocycles. The largest absolute Gasteiger partial charge is 0.394 e. The number of nitrogens with one attached hydrogen (secondary N) is 1. The summed E-state index contributed by atoms with van der Waals surface area (Å²) in [4.78, 5) is 9.64. The van der Waals surface area contributed by atoms with Gasteiger partial charge in [-0.2, -0.15) is 0 Å². The topological polar surface area (TPSA) is 119 Å². The van der Waals surface area contributed by atoms with Crippen molar-refractivity contribution in [3.05, 3.63) is 33.3 Å². The summed E-state index contributed by atoms with van der Waals surface area (Å²) in [7, 11) is -4.00. The van der Waals surface area contributed by atoms with Crippen LogP contribution in [-0.2, 0) is 14.8 Å². The third-order valence-electron chi connectivity index (χ3n) is 2.40. The average Bonchev–Trinajstić information content (AvgIpc) is 2.42. The summed E-state index contributed by atoms with van der Waals surface area (Å²) in [5, 5.41) is 19.5. The minimum absolute atomic E-state index is 0.0630. The van der Waals surface area contributed by atoms with Crippen molar-refractivity contribution in [1.82, 2.24) is 4.72 Å².